The second-order valence-electron chi connectivity index (χ2n) is 8.37. The van der Waals surface area contributed by atoms with Crippen molar-refractivity contribution in [3.63, 3.8) is 0 Å². The highest BCUT2D eigenvalue weighted by Crippen LogP contribution is 2.32. The van der Waals surface area contributed by atoms with Crippen LogP contribution in [-0.4, -0.2) is 39.6 Å². The van der Waals surface area contributed by atoms with Crippen LogP contribution in [0.3, 0.4) is 0 Å². The summed E-state index contributed by atoms with van der Waals surface area (Å²) in [7, 11) is 1.47. The van der Waals surface area contributed by atoms with E-state index < -0.39 is 35.3 Å². The number of carbonyl (C=O) groups is 3. The van der Waals surface area contributed by atoms with Crippen molar-refractivity contribution in [2.75, 3.05) is 12.4 Å². The van der Waals surface area contributed by atoms with Crippen molar-refractivity contribution in [3.05, 3.63) is 98.9 Å². The van der Waals surface area contributed by atoms with E-state index in [9.17, 15) is 27.6 Å². The van der Waals surface area contributed by atoms with Gasteiger partial charge in [0.1, 0.15) is 11.4 Å². The standard InChI is InChI=1S/C26H19Cl2F3N6O4/c1-13-10-15(27)11-17(24(39)35-34-23(38)14-5-7-16(41-2)8-6-14)21(13)33-25(40)19-12-20(26(29,30)31)36-37(19)22-18(28)4-3-9-32-22/h3-12H,1-2H3,(H,33,40)(H,34,38)(H,35,39). The lowest BCUT2D eigenvalue weighted by Gasteiger charge is -2.16. The number of halogens is 5. The minimum Gasteiger partial charge on any atom is -0.497 e. The third kappa shape index (κ3) is 6.58. The SMILES string of the molecule is COc1ccc(C(=O)NNC(=O)c2cc(Cl)cc(C)c2NC(=O)c2cc(C(F)(F)F)nn2-c2ncccc2Cl)cc1. The number of anilines is 1. The highest BCUT2D eigenvalue weighted by Gasteiger charge is 2.37. The van der Waals surface area contributed by atoms with Crippen molar-refractivity contribution in [3.8, 4) is 11.6 Å². The Kier molecular flexibility index (Phi) is 8.49. The molecule has 0 saturated heterocycles. The number of hydrogen-bond acceptors (Lipinski definition) is 6. The van der Waals surface area contributed by atoms with Crippen LogP contribution in [-0.2, 0) is 6.18 Å². The number of benzene rings is 2. The van der Waals surface area contributed by atoms with Crippen LogP contribution in [0.4, 0.5) is 18.9 Å². The Morgan fingerprint density at radius 1 is 0.951 bits per heavy atom. The first-order valence-corrected chi connectivity index (χ1v) is 12.3. The third-order valence-corrected chi connectivity index (χ3v) is 6.11. The first-order chi connectivity index (χ1) is 19.4. The summed E-state index contributed by atoms with van der Waals surface area (Å²) in [5, 5.41) is 5.99. The fraction of sp³-hybridized carbons (Fsp3) is 0.115. The number of pyridine rings is 1. The number of aryl methyl sites for hydroxylation is 1. The van der Waals surface area contributed by atoms with E-state index in [0.717, 1.165) is 0 Å². The summed E-state index contributed by atoms with van der Waals surface area (Å²) < 4.78 is 46.2. The molecule has 0 bridgehead atoms. The normalized spacial score (nSPS) is 11.1. The molecular weight excluding hydrogens is 588 g/mol. The predicted molar refractivity (Wildman–Crippen MR) is 143 cm³/mol. The number of aromatic nitrogens is 3. The fourth-order valence-electron chi connectivity index (χ4n) is 3.64. The number of carbonyl (C=O) groups excluding carboxylic acids is 3. The maximum absolute atomic E-state index is 13.5. The van der Waals surface area contributed by atoms with Gasteiger partial charge in [-0.25, -0.2) is 9.67 Å². The summed E-state index contributed by atoms with van der Waals surface area (Å²) in [5.41, 5.74) is 2.80. The van der Waals surface area contributed by atoms with E-state index in [2.05, 4.69) is 26.3 Å². The molecule has 0 unspecified atom stereocenters. The van der Waals surface area contributed by atoms with E-state index in [4.69, 9.17) is 27.9 Å². The number of hydrogen-bond donors (Lipinski definition) is 3. The monoisotopic (exact) mass is 606 g/mol. The van der Waals surface area contributed by atoms with Gasteiger partial charge in [-0.05, 0) is 61.0 Å². The fourth-order valence-corrected chi connectivity index (χ4v) is 4.11. The van der Waals surface area contributed by atoms with Gasteiger partial charge in [0.25, 0.3) is 17.7 Å². The lowest BCUT2D eigenvalue weighted by Crippen LogP contribution is -2.42. The van der Waals surface area contributed by atoms with E-state index in [-0.39, 0.29) is 32.7 Å². The van der Waals surface area contributed by atoms with Gasteiger partial charge in [0.2, 0.25) is 0 Å². The number of ether oxygens (including phenoxy) is 1. The maximum Gasteiger partial charge on any atom is 0.435 e. The van der Waals surface area contributed by atoms with Gasteiger partial charge < -0.3 is 10.1 Å². The van der Waals surface area contributed by atoms with Crippen molar-refractivity contribution in [1.82, 2.24) is 25.6 Å². The minimum absolute atomic E-state index is 0.0614. The molecule has 3 N–H and O–H groups in total. The van der Waals surface area contributed by atoms with E-state index in [1.807, 2.05) is 0 Å². The molecule has 0 fully saturated rings. The molecule has 0 atom stereocenters. The number of nitrogens with zero attached hydrogens (tertiary/aromatic N) is 3. The Labute approximate surface area is 240 Å². The number of methoxy groups -OCH3 is 1. The quantitative estimate of drug-likeness (QED) is 0.258. The van der Waals surface area contributed by atoms with Gasteiger partial charge in [-0.15, -0.1) is 0 Å². The van der Waals surface area contributed by atoms with Gasteiger partial charge in [0.05, 0.1) is 23.4 Å². The Morgan fingerprint density at radius 2 is 1.63 bits per heavy atom. The van der Waals surface area contributed by atoms with Crippen LogP contribution in [0.5, 0.6) is 5.75 Å². The van der Waals surface area contributed by atoms with Crippen LogP contribution >= 0.6 is 23.2 Å². The molecule has 4 rings (SSSR count). The lowest BCUT2D eigenvalue weighted by molar-refractivity contribution is -0.141. The molecule has 15 heteroatoms. The van der Waals surface area contributed by atoms with Gasteiger partial charge in [-0.3, -0.25) is 25.2 Å². The number of hydrazine groups is 1. The molecule has 3 amide bonds. The van der Waals surface area contributed by atoms with E-state index in [1.165, 1.54) is 56.6 Å². The zero-order chi connectivity index (χ0) is 29.9. The van der Waals surface area contributed by atoms with Crippen LogP contribution < -0.4 is 20.9 Å². The Balaban J connectivity index is 1.63. The largest absolute Gasteiger partial charge is 0.497 e. The van der Waals surface area contributed by atoms with Crippen molar-refractivity contribution in [2.45, 2.75) is 13.1 Å². The van der Waals surface area contributed by atoms with Crippen molar-refractivity contribution in [2.24, 2.45) is 0 Å². The maximum atomic E-state index is 13.5. The van der Waals surface area contributed by atoms with Crippen LogP contribution in [0.25, 0.3) is 5.82 Å². The molecule has 4 aromatic rings. The average molecular weight is 607 g/mol. The van der Waals surface area contributed by atoms with Crippen molar-refractivity contribution < 1.29 is 32.3 Å². The van der Waals surface area contributed by atoms with Crippen LogP contribution in [0.1, 0.15) is 42.5 Å². The summed E-state index contributed by atoms with van der Waals surface area (Å²) in [4.78, 5) is 42.8. The molecule has 0 aliphatic carbocycles. The molecule has 2 aromatic carbocycles. The van der Waals surface area contributed by atoms with Crippen molar-refractivity contribution >= 4 is 46.6 Å². The zero-order valence-electron chi connectivity index (χ0n) is 21.1. The highest BCUT2D eigenvalue weighted by molar-refractivity contribution is 6.32. The van der Waals surface area contributed by atoms with Gasteiger partial charge in [0.15, 0.2) is 11.5 Å². The summed E-state index contributed by atoms with van der Waals surface area (Å²) >= 11 is 12.2. The molecule has 41 heavy (non-hydrogen) atoms. The zero-order valence-corrected chi connectivity index (χ0v) is 22.6. The summed E-state index contributed by atoms with van der Waals surface area (Å²) in [5.74, 6) is -2.28. The van der Waals surface area contributed by atoms with E-state index in [0.29, 0.717) is 22.1 Å². The molecule has 0 aliphatic heterocycles. The molecule has 0 saturated carbocycles. The van der Waals surface area contributed by atoms with E-state index >= 15 is 0 Å². The molecule has 0 radical (unpaired) electrons. The summed E-state index contributed by atoms with van der Waals surface area (Å²) in [6.07, 6.45) is -3.62. The second kappa shape index (κ2) is 11.9. The summed E-state index contributed by atoms with van der Waals surface area (Å²) in [6, 6.07) is 12.0. The third-order valence-electron chi connectivity index (χ3n) is 5.60. The molecule has 2 heterocycles. The highest BCUT2D eigenvalue weighted by atomic mass is 35.5. The number of amides is 3. The average Bonchev–Trinajstić information content (AvgIpc) is 3.39. The van der Waals surface area contributed by atoms with E-state index in [1.54, 1.807) is 12.1 Å². The predicted octanol–water partition coefficient (Wildman–Crippen LogP) is 5.24. The minimum atomic E-state index is -4.88. The Morgan fingerprint density at radius 3 is 2.27 bits per heavy atom. The number of alkyl halides is 3. The van der Waals surface area contributed by atoms with Gasteiger partial charge in [-0.2, -0.15) is 18.3 Å². The molecular formula is C26H19Cl2F3N6O4. The van der Waals surface area contributed by atoms with Gasteiger partial charge in [0, 0.05) is 22.8 Å². The summed E-state index contributed by atoms with van der Waals surface area (Å²) in [6.45, 7) is 1.52. The number of nitrogens with one attached hydrogen (secondary N) is 3. The molecule has 10 nitrogen and oxygen atoms in total. The van der Waals surface area contributed by atoms with Crippen LogP contribution in [0.15, 0.2) is 60.8 Å². The Bertz CT molecular complexity index is 1640. The van der Waals surface area contributed by atoms with Gasteiger partial charge >= 0.3 is 6.18 Å². The molecule has 0 spiro atoms. The van der Waals surface area contributed by atoms with Crippen LogP contribution in [0.2, 0.25) is 10.0 Å². The smallest absolute Gasteiger partial charge is 0.435 e. The Hall–Kier alpha value is -4.62. The lowest BCUT2D eigenvalue weighted by atomic mass is 10.1. The topological polar surface area (TPSA) is 127 Å². The molecule has 212 valence electrons. The van der Waals surface area contributed by atoms with Gasteiger partial charge in [-0.1, -0.05) is 23.2 Å². The van der Waals surface area contributed by atoms with Crippen molar-refractivity contribution in [1.29, 1.82) is 0 Å². The number of rotatable bonds is 6. The first kappa shape index (κ1) is 29.4. The second-order valence-corrected chi connectivity index (χ2v) is 9.21. The first-order valence-electron chi connectivity index (χ1n) is 11.5. The molecule has 0 aliphatic rings. The molecule has 2 aromatic heterocycles. The van der Waals surface area contributed by atoms with Crippen LogP contribution in [0, 0.1) is 6.92 Å².